The van der Waals surface area contributed by atoms with E-state index < -0.39 is 0 Å². The van der Waals surface area contributed by atoms with E-state index in [-0.39, 0.29) is 17.8 Å². The third kappa shape index (κ3) is 4.61. The van der Waals surface area contributed by atoms with Crippen molar-refractivity contribution in [1.29, 1.82) is 0 Å². The number of fused-ring (bicyclic) bond motifs is 8. The molecule has 0 unspecified atom stereocenters. The van der Waals surface area contributed by atoms with Crippen LogP contribution in [0.15, 0.2) is 109 Å². The predicted octanol–water partition coefficient (Wildman–Crippen LogP) is 10.00. The van der Waals surface area contributed by atoms with Gasteiger partial charge < -0.3 is 14.9 Å². The van der Waals surface area contributed by atoms with E-state index in [1.54, 1.807) is 0 Å². The van der Waals surface area contributed by atoms with Crippen LogP contribution in [0.3, 0.4) is 0 Å². The van der Waals surface area contributed by atoms with Crippen molar-refractivity contribution < 1.29 is 0 Å². The number of rotatable bonds is 3. The smallest absolute Gasteiger partial charge is 0.360 e. The van der Waals surface area contributed by atoms with E-state index in [0.717, 1.165) is 11.4 Å². The summed E-state index contributed by atoms with van der Waals surface area (Å²) in [5.74, 6) is 0. The van der Waals surface area contributed by atoms with Gasteiger partial charge in [0.2, 0.25) is 0 Å². The third-order valence-corrected chi connectivity index (χ3v) is 9.02. The number of hydrogen-bond acceptors (Lipinski definition) is 3. The zero-order valence-corrected chi connectivity index (χ0v) is 26.4. The zero-order valence-electron chi connectivity index (χ0n) is 26.4. The number of nitrogens with one attached hydrogen (secondary N) is 1. The molecule has 4 heteroatoms. The van der Waals surface area contributed by atoms with Crippen LogP contribution in [0.2, 0.25) is 0 Å². The van der Waals surface area contributed by atoms with Crippen LogP contribution in [0.25, 0.3) is 11.1 Å². The summed E-state index contributed by atoms with van der Waals surface area (Å²) in [7, 11) is 0. The minimum absolute atomic E-state index is 0.0117. The van der Waals surface area contributed by atoms with Crippen LogP contribution in [0.1, 0.15) is 58.2 Å². The highest BCUT2D eigenvalue weighted by Crippen LogP contribution is 2.52. The van der Waals surface area contributed by atoms with Gasteiger partial charge in [0.05, 0.1) is 11.4 Å². The molecule has 0 bridgehead atoms. The highest BCUT2D eigenvalue weighted by atomic mass is 15.3. The molecule has 0 amide bonds. The van der Waals surface area contributed by atoms with Gasteiger partial charge in [0, 0.05) is 28.3 Å². The van der Waals surface area contributed by atoms with E-state index in [1.807, 2.05) is 0 Å². The lowest BCUT2D eigenvalue weighted by molar-refractivity contribution is 0.590. The molecule has 0 saturated heterocycles. The van der Waals surface area contributed by atoms with Gasteiger partial charge >= 0.3 is 6.98 Å². The number of para-hydroxylation sites is 2. The highest BCUT2D eigenvalue weighted by molar-refractivity contribution is 6.86. The van der Waals surface area contributed by atoms with Crippen molar-refractivity contribution in [1.82, 2.24) is 0 Å². The van der Waals surface area contributed by atoms with E-state index in [1.165, 1.54) is 56.0 Å². The SMILES string of the molecule is Cc1cc(C(C)(C)C)cc2c1B1N(c3ccccc3)c3ccc(Nc4ccc(C(C)(C)C)cc4)cc3N1c1ccccc1-2. The van der Waals surface area contributed by atoms with E-state index in [4.69, 9.17) is 0 Å². The summed E-state index contributed by atoms with van der Waals surface area (Å²) < 4.78 is 0. The Balaban J connectivity index is 1.40. The molecule has 2 aliphatic heterocycles. The molecule has 5 aromatic carbocycles. The minimum atomic E-state index is 0.0117. The summed E-state index contributed by atoms with van der Waals surface area (Å²) in [4.78, 5) is 5.08. The molecular formula is C39H40BN3. The molecule has 214 valence electrons. The van der Waals surface area contributed by atoms with Crippen molar-refractivity contribution in [2.45, 2.75) is 59.3 Å². The second-order valence-electron chi connectivity index (χ2n) is 14.1. The van der Waals surface area contributed by atoms with Gasteiger partial charge in [-0.15, -0.1) is 0 Å². The van der Waals surface area contributed by atoms with Gasteiger partial charge in [0.25, 0.3) is 0 Å². The molecule has 2 aliphatic rings. The Morgan fingerprint density at radius 1 is 0.535 bits per heavy atom. The van der Waals surface area contributed by atoms with Gasteiger partial charge in [0.1, 0.15) is 0 Å². The van der Waals surface area contributed by atoms with Crippen molar-refractivity contribution in [3.63, 3.8) is 0 Å². The molecule has 0 fully saturated rings. The third-order valence-electron chi connectivity index (χ3n) is 9.02. The van der Waals surface area contributed by atoms with Crippen LogP contribution in [-0.4, -0.2) is 6.98 Å². The lowest BCUT2D eigenvalue weighted by Gasteiger charge is -2.38. The van der Waals surface area contributed by atoms with E-state index >= 15 is 0 Å². The van der Waals surface area contributed by atoms with Crippen LogP contribution in [0.5, 0.6) is 0 Å². The maximum Gasteiger partial charge on any atom is 0.421 e. The summed E-state index contributed by atoms with van der Waals surface area (Å²) >= 11 is 0. The van der Waals surface area contributed by atoms with Crippen LogP contribution in [0.4, 0.5) is 34.1 Å². The molecule has 0 spiro atoms. The van der Waals surface area contributed by atoms with Gasteiger partial charge in [0.15, 0.2) is 0 Å². The van der Waals surface area contributed by atoms with Gasteiger partial charge in [-0.05, 0) is 88.4 Å². The Kier molecular flexibility index (Phi) is 6.25. The largest absolute Gasteiger partial charge is 0.421 e. The average molecular weight is 562 g/mol. The fraction of sp³-hybridized carbons (Fsp3) is 0.231. The van der Waals surface area contributed by atoms with Gasteiger partial charge in [-0.3, -0.25) is 0 Å². The Morgan fingerprint density at radius 2 is 1.19 bits per heavy atom. The number of nitrogens with zero attached hydrogens (tertiary/aromatic N) is 2. The first-order chi connectivity index (χ1) is 20.5. The minimum Gasteiger partial charge on any atom is -0.360 e. The fourth-order valence-electron chi connectivity index (χ4n) is 6.69. The molecule has 3 nitrogen and oxygen atoms in total. The van der Waals surface area contributed by atoms with Crippen LogP contribution in [0, 0.1) is 6.92 Å². The van der Waals surface area contributed by atoms with Crippen molar-refractivity contribution in [2.75, 3.05) is 14.9 Å². The van der Waals surface area contributed by atoms with E-state index in [2.05, 4.69) is 173 Å². The van der Waals surface area contributed by atoms with Gasteiger partial charge in [-0.1, -0.05) is 108 Å². The Morgan fingerprint density at radius 3 is 1.88 bits per heavy atom. The fourth-order valence-corrected chi connectivity index (χ4v) is 6.69. The van der Waals surface area contributed by atoms with Gasteiger partial charge in [-0.2, -0.15) is 0 Å². The molecule has 0 aliphatic carbocycles. The zero-order chi connectivity index (χ0) is 30.1. The molecule has 2 heterocycles. The van der Waals surface area contributed by atoms with Crippen molar-refractivity contribution in [3.8, 4) is 11.1 Å². The first-order valence-electron chi connectivity index (χ1n) is 15.4. The lowest BCUT2D eigenvalue weighted by atomic mass is 9.57. The maximum atomic E-state index is 3.70. The summed E-state index contributed by atoms with van der Waals surface area (Å²) in [5, 5.41) is 3.70. The first kappa shape index (κ1) is 27.4. The van der Waals surface area contributed by atoms with Crippen LogP contribution < -0.4 is 20.4 Å². The second kappa shape index (κ2) is 9.81. The lowest BCUT2D eigenvalue weighted by Crippen LogP contribution is -2.56. The molecule has 0 radical (unpaired) electrons. The molecule has 1 N–H and O–H groups in total. The number of benzene rings is 5. The Bertz CT molecular complexity index is 1830. The normalized spacial score (nSPS) is 13.8. The number of aryl methyl sites for hydroxylation is 1. The Hall–Kier alpha value is -4.44. The number of hydrogen-bond donors (Lipinski definition) is 1. The summed E-state index contributed by atoms with van der Waals surface area (Å²) in [6.45, 7) is 16.0. The summed E-state index contributed by atoms with van der Waals surface area (Å²) in [6, 6.07) is 40.3. The highest BCUT2D eigenvalue weighted by Gasteiger charge is 2.48. The molecule has 7 rings (SSSR count). The predicted molar refractivity (Wildman–Crippen MR) is 186 cm³/mol. The molecule has 0 aromatic heterocycles. The Labute approximate surface area is 257 Å². The molecule has 5 aromatic rings. The van der Waals surface area contributed by atoms with Crippen LogP contribution >= 0.6 is 0 Å². The quantitative estimate of drug-likeness (QED) is 0.221. The topological polar surface area (TPSA) is 18.5 Å². The second-order valence-corrected chi connectivity index (χ2v) is 14.1. The van der Waals surface area contributed by atoms with Crippen LogP contribution in [-0.2, 0) is 10.8 Å². The van der Waals surface area contributed by atoms with Gasteiger partial charge in [-0.25, -0.2) is 0 Å². The number of anilines is 6. The first-order valence-corrected chi connectivity index (χ1v) is 15.4. The van der Waals surface area contributed by atoms with Crippen molar-refractivity contribution in [2.24, 2.45) is 0 Å². The summed E-state index contributed by atoms with van der Waals surface area (Å²) in [6.07, 6.45) is 0. The van der Waals surface area contributed by atoms with Crippen molar-refractivity contribution >= 4 is 46.6 Å². The molecule has 0 saturated carbocycles. The monoisotopic (exact) mass is 561 g/mol. The van der Waals surface area contributed by atoms with E-state index in [9.17, 15) is 0 Å². The summed E-state index contributed by atoms with van der Waals surface area (Å²) in [5.41, 5.74) is 15.3. The molecule has 0 atom stereocenters. The molecular weight excluding hydrogens is 521 g/mol. The standard InChI is InChI=1S/C39H40BN3/c1-26-23-28(39(5,6)7)24-33-32-15-11-12-16-34(32)43-36-25-30(41-29-19-17-27(18-20-29)38(2,3)4)21-22-35(36)42(40(43)37(26)33)31-13-9-8-10-14-31/h8-25,41H,1-7H3. The molecule has 43 heavy (non-hydrogen) atoms. The average Bonchev–Trinajstić information content (AvgIpc) is 3.31. The van der Waals surface area contributed by atoms with E-state index in [0.29, 0.717) is 0 Å². The maximum absolute atomic E-state index is 3.70. The van der Waals surface area contributed by atoms with Crippen molar-refractivity contribution in [3.05, 3.63) is 126 Å².